The summed E-state index contributed by atoms with van der Waals surface area (Å²) in [5.41, 5.74) is 1.04. The number of benzene rings is 1. The molecule has 0 saturated carbocycles. The number of thiocarbonyl (C=S) groups is 1. The average Bonchev–Trinajstić information content (AvgIpc) is 2.37. The zero-order valence-electron chi connectivity index (χ0n) is 11.4. The van der Waals surface area contributed by atoms with Gasteiger partial charge in [0.05, 0.1) is 0 Å². The fraction of sp³-hybridized carbons (Fsp3) is 0.533. The number of rotatable bonds is 7. The van der Waals surface area contributed by atoms with Crippen LogP contribution < -0.4 is 10.6 Å². The van der Waals surface area contributed by atoms with Gasteiger partial charge >= 0.3 is 0 Å². The van der Waals surface area contributed by atoms with Crippen LogP contribution in [0.4, 0.5) is 5.69 Å². The van der Waals surface area contributed by atoms with E-state index in [9.17, 15) is 0 Å². The van der Waals surface area contributed by atoms with Crippen molar-refractivity contribution in [2.75, 3.05) is 5.32 Å². The van der Waals surface area contributed by atoms with Crippen molar-refractivity contribution >= 4 is 23.0 Å². The molecule has 1 atom stereocenters. The molecule has 0 heterocycles. The van der Waals surface area contributed by atoms with Crippen molar-refractivity contribution in [2.45, 2.75) is 52.0 Å². The lowest BCUT2D eigenvalue weighted by Crippen LogP contribution is -2.37. The van der Waals surface area contributed by atoms with Gasteiger partial charge in [-0.15, -0.1) is 0 Å². The summed E-state index contributed by atoms with van der Waals surface area (Å²) >= 11 is 5.35. The second-order valence-electron chi connectivity index (χ2n) is 4.59. The van der Waals surface area contributed by atoms with Gasteiger partial charge in [-0.1, -0.05) is 51.3 Å². The SMILES string of the molecule is CCCCC(CCC)NC(=S)Nc1ccccc1. The number of unbranched alkanes of at least 4 members (excludes halogenated alkanes) is 1. The molecule has 0 aliphatic carbocycles. The van der Waals surface area contributed by atoms with Crippen LogP contribution >= 0.6 is 12.2 Å². The highest BCUT2D eigenvalue weighted by molar-refractivity contribution is 7.80. The summed E-state index contributed by atoms with van der Waals surface area (Å²) in [6, 6.07) is 10.6. The minimum Gasteiger partial charge on any atom is -0.360 e. The Labute approximate surface area is 116 Å². The summed E-state index contributed by atoms with van der Waals surface area (Å²) in [4.78, 5) is 0. The zero-order valence-corrected chi connectivity index (χ0v) is 12.2. The second kappa shape index (κ2) is 8.92. The lowest BCUT2D eigenvalue weighted by Gasteiger charge is -2.20. The van der Waals surface area contributed by atoms with Crippen LogP contribution in [0, 0.1) is 0 Å². The van der Waals surface area contributed by atoms with Gasteiger partial charge in [0.1, 0.15) is 0 Å². The first-order valence-electron chi connectivity index (χ1n) is 6.88. The molecule has 2 N–H and O–H groups in total. The normalized spacial score (nSPS) is 11.9. The molecule has 0 saturated heterocycles. The molecule has 1 aromatic carbocycles. The molecule has 2 nitrogen and oxygen atoms in total. The molecule has 1 rings (SSSR count). The van der Waals surface area contributed by atoms with Gasteiger partial charge in [0.25, 0.3) is 0 Å². The first kappa shape index (κ1) is 15.0. The predicted octanol–water partition coefficient (Wildman–Crippen LogP) is 4.33. The third-order valence-electron chi connectivity index (χ3n) is 2.91. The fourth-order valence-electron chi connectivity index (χ4n) is 1.96. The number of hydrogen-bond donors (Lipinski definition) is 2. The molecule has 0 aliphatic rings. The lowest BCUT2D eigenvalue weighted by molar-refractivity contribution is 0.497. The highest BCUT2D eigenvalue weighted by Gasteiger charge is 2.08. The Bertz CT molecular complexity index is 338. The minimum absolute atomic E-state index is 0.499. The first-order chi connectivity index (χ1) is 8.76. The van der Waals surface area contributed by atoms with E-state index < -0.39 is 0 Å². The maximum absolute atomic E-state index is 5.35. The third-order valence-corrected chi connectivity index (χ3v) is 3.13. The number of nitrogens with one attached hydrogen (secondary N) is 2. The summed E-state index contributed by atoms with van der Waals surface area (Å²) in [5.74, 6) is 0. The van der Waals surface area contributed by atoms with E-state index in [1.807, 2.05) is 30.3 Å². The van der Waals surface area contributed by atoms with Crippen LogP contribution in [0.2, 0.25) is 0 Å². The Morgan fingerprint density at radius 3 is 2.44 bits per heavy atom. The molecule has 1 unspecified atom stereocenters. The van der Waals surface area contributed by atoms with E-state index in [0.29, 0.717) is 6.04 Å². The van der Waals surface area contributed by atoms with Gasteiger partial charge in [0, 0.05) is 11.7 Å². The van der Waals surface area contributed by atoms with Crippen molar-refractivity contribution in [1.82, 2.24) is 5.32 Å². The van der Waals surface area contributed by atoms with E-state index in [4.69, 9.17) is 12.2 Å². The highest BCUT2D eigenvalue weighted by Crippen LogP contribution is 2.09. The van der Waals surface area contributed by atoms with Crippen molar-refractivity contribution in [3.05, 3.63) is 30.3 Å². The van der Waals surface area contributed by atoms with Crippen molar-refractivity contribution in [2.24, 2.45) is 0 Å². The van der Waals surface area contributed by atoms with Gasteiger partial charge in [0.2, 0.25) is 0 Å². The number of anilines is 1. The molecule has 0 radical (unpaired) electrons. The molecular weight excluding hydrogens is 240 g/mol. The highest BCUT2D eigenvalue weighted by atomic mass is 32.1. The van der Waals surface area contributed by atoms with E-state index in [0.717, 1.165) is 10.8 Å². The van der Waals surface area contributed by atoms with Crippen molar-refractivity contribution in [1.29, 1.82) is 0 Å². The van der Waals surface area contributed by atoms with E-state index in [1.165, 1.54) is 32.1 Å². The maximum atomic E-state index is 5.35. The molecule has 3 heteroatoms. The smallest absolute Gasteiger partial charge is 0.170 e. The molecule has 0 amide bonds. The van der Waals surface area contributed by atoms with Gasteiger partial charge in [-0.25, -0.2) is 0 Å². The van der Waals surface area contributed by atoms with Crippen LogP contribution in [0.15, 0.2) is 30.3 Å². The quantitative estimate of drug-likeness (QED) is 0.717. The predicted molar refractivity (Wildman–Crippen MR) is 84.0 cm³/mol. The zero-order chi connectivity index (χ0) is 13.2. The van der Waals surface area contributed by atoms with E-state index in [-0.39, 0.29) is 0 Å². The maximum Gasteiger partial charge on any atom is 0.170 e. The first-order valence-corrected chi connectivity index (χ1v) is 7.29. The third kappa shape index (κ3) is 6.01. The molecule has 0 bridgehead atoms. The van der Waals surface area contributed by atoms with Crippen LogP contribution in [-0.4, -0.2) is 11.2 Å². The summed E-state index contributed by atoms with van der Waals surface area (Å²) < 4.78 is 0. The molecule has 0 fully saturated rings. The van der Waals surface area contributed by atoms with Crippen molar-refractivity contribution in [3.63, 3.8) is 0 Å². The Morgan fingerprint density at radius 2 is 1.83 bits per heavy atom. The Morgan fingerprint density at radius 1 is 1.11 bits per heavy atom. The van der Waals surface area contributed by atoms with Crippen LogP contribution in [-0.2, 0) is 0 Å². The summed E-state index contributed by atoms with van der Waals surface area (Å²) in [5, 5.41) is 7.38. The van der Waals surface area contributed by atoms with E-state index in [2.05, 4.69) is 24.5 Å². The number of para-hydroxylation sites is 1. The fourth-order valence-corrected chi connectivity index (χ4v) is 2.25. The molecule has 18 heavy (non-hydrogen) atoms. The molecule has 0 aliphatic heterocycles. The Hall–Kier alpha value is -1.09. The minimum atomic E-state index is 0.499. The average molecular weight is 264 g/mol. The molecule has 0 spiro atoms. The topological polar surface area (TPSA) is 24.1 Å². The lowest BCUT2D eigenvalue weighted by atomic mass is 10.1. The second-order valence-corrected chi connectivity index (χ2v) is 5.00. The Kier molecular flexibility index (Phi) is 7.42. The van der Waals surface area contributed by atoms with Gasteiger partial charge < -0.3 is 10.6 Å². The van der Waals surface area contributed by atoms with Gasteiger partial charge in [-0.2, -0.15) is 0 Å². The van der Waals surface area contributed by atoms with Gasteiger partial charge in [-0.3, -0.25) is 0 Å². The van der Waals surface area contributed by atoms with E-state index >= 15 is 0 Å². The van der Waals surface area contributed by atoms with E-state index in [1.54, 1.807) is 0 Å². The van der Waals surface area contributed by atoms with Crippen molar-refractivity contribution < 1.29 is 0 Å². The molecule has 0 aromatic heterocycles. The summed E-state index contributed by atoms with van der Waals surface area (Å²) in [6.45, 7) is 4.44. The van der Waals surface area contributed by atoms with Crippen molar-refractivity contribution in [3.8, 4) is 0 Å². The molecular formula is C15H24N2S. The molecule has 1 aromatic rings. The standard InChI is InChI=1S/C15H24N2S/c1-3-5-10-13(9-4-2)16-15(18)17-14-11-7-6-8-12-14/h6-8,11-13H,3-5,9-10H2,1-2H3,(H2,16,17,18). The van der Waals surface area contributed by atoms with Gasteiger partial charge in [-0.05, 0) is 37.2 Å². The molecule has 100 valence electrons. The van der Waals surface area contributed by atoms with Crippen LogP contribution in [0.25, 0.3) is 0 Å². The summed E-state index contributed by atoms with van der Waals surface area (Å²) in [7, 11) is 0. The largest absolute Gasteiger partial charge is 0.360 e. The van der Waals surface area contributed by atoms with Gasteiger partial charge in [0.15, 0.2) is 5.11 Å². The Balaban J connectivity index is 2.40. The van der Waals surface area contributed by atoms with Crippen LogP contribution in [0.3, 0.4) is 0 Å². The monoisotopic (exact) mass is 264 g/mol. The van der Waals surface area contributed by atoms with Crippen LogP contribution in [0.5, 0.6) is 0 Å². The number of hydrogen-bond acceptors (Lipinski definition) is 1. The summed E-state index contributed by atoms with van der Waals surface area (Å²) in [6.07, 6.45) is 6.05. The van der Waals surface area contributed by atoms with Crippen LogP contribution in [0.1, 0.15) is 46.0 Å².